The zero-order valence-corrected chi connectivity index (χ0v) is 36.8. The summed E-state index contributed by atoms with van der Waals surface area (Å²) in [7, 11) is 0. The average Bonchev–Trinajstić information content (AvgIpc) is 3.98. The molecule has 0 bridgehead atoms. The Hall–Kier alpha value is -9.12. The van der Waals surface area contributed by atoms with Gasteiger partial charge in [-0.3, -0.25) is 0 Å². The minimum Gasteiger partial charge on any atom is -0.456 e. The topological polar surface area (TPSA) is 32.8 Å². The van der Waals surface area contributed by atoms with Gasteiger partial charge >= 0.3 is 0 Å². The van der Waals surface area contributed by atoms with Gasteiger partial charge in [0.15, 0.2) is 0 Å². The van der Waals surface area contributed by atoms with E-state index in [1.165, 1.54) is 43.1 Å². The van der Waals surface area contributed by atoms with Gasteiger partial charge < -0.3 is 18.6 Å². The molecule has 0 spiro atoms. The van der Waals surface area contributed by atoms with E-state index in [0.29, 0.717) is 0 Å². The fraction of sp³-hybridized carbons (Fsp3) is 0. The summed E-state index contributed by atoms with van der Waals surface area (Å²) in [5, 5.41) is 14.0. The fourth-order valence-corrected chi connectivity index (χ4v) is 10.6. The molecule has 0 fully saturated rings. The van der Waals surface area contributed by atoms with Crippen LogP contribution in [0.5, 0.6) is 0 Å². The lowest BCUT2D eigenvalue weighted by Crippen LogP contribution is -2.10. The Labute approximate surface area is 391 Å². The van der Waals surface area contributed by atoms with E-state index >= 15 is 0 Å². The molecule has 2 aromatic heterocycles. The van der Waals surface area contributed by atoms with Crippen LogP contribution in [0, 0.1) is 0 Å². The molecule has 2 heterocycles. The van der Waals surface area contributed by atoms with E-state index in [9.17, 15) is 0 Å². The number of hydrogen-bond acceptors (Lipinski definition) is 4. The van der Waals surface area contributed by atoms with E-state index in [0.717, 1.165) is 89.1 Å². The monoisotopic (exact) mass is 868 g/mol. The molecule has 0 atom stereocenters. The van der Waals surface area contributed by atoms with Crippen LogP contribution < -0.4 is 9.80 Å². The highest BCUT2D eigenvalue weighted by Gasteiger charge is 2.21. The van der Waals surface area contributed by atoms with Crippen molar-refractivity contribution < 1.29 is 8.83 Å². The maximum atomic E-state index is 6.45. The minimum atomic E-state index is 0.875. The van der Waals surface area contributed by atoms with Crippen molar-refractivity contribution in [1.82, 2.24) is 0 Å². The van der Waals surface area contributed by atoms with Crippen molar-refractivity contribution in [3.63, 3.8) is 0 Å². The smallest absolute Gasteiger partial charge is 0.136 e. The van der Waals surface area contributed by atoms with E-state index in [4.69, 9.17) is 8.83 Å². The number of benzene rings is 12. The summed E-state index contributed by atoms with van der Waals surface area (Å²) in [5.74, 6) is 0. The fourth-order valence-electron chi connectivity index (χ4n) is 10.6. The van der Waals surface area contributed by atoms with Crippen LogP contribution in [0.1, 0.15) is 0 Å². The van der Waals surface area contributed by atoms with Gasteiger partial charge in [-0.25, -0.2) is 0 Å². The van der Waals surface area contributed by atoms with Crippen LogP contribution in [0.25, 0.3) is 98.1 Å². The van der Waals surface area contributed by atoms with E-state index < -0.39 is 0 Å². The Morgan fingerprint density at radius 1 is 0.235 bits per heavy atom. The molecule has 14 rings (SSSR count). The molecule has 4 nitrogen and oxygen atoms in total. The van der Waals surface area contributed by atoms with Crippen molar-refractivity contribution in [2.45, 2.75) is 0 Å². The predicted molar refractivity (Wildman–Crippen MR) is 286 cm³/mol. The number of hydrogen-bond donors (Lipinski definition) is 0. The van der Waals surface area contributed by atoms with Crippen LogP contribution in [-0.4, -0.2) is 0 Å². The summed E-state index contributed by atoms with van der Waals surface area (Å²) in [6, 6.07) is 87.1. The van der Waals surface area contributed by atoms with Gasteiger partial charge in [0.05, 0.1) is 11.4 Å². The summed E-state index contributed by atoms with van der Waals surface area (Å²) < 4.78 is 12.9. The third-order valence-electron chi connectivity index (χ3n) is 13.8. The third kappa shape index (κ3) is 6.08. The molecular formula is C64H40N2O2. The molecule has 0 aliphatic rings. The largest absolute Gasteiger partial charge is 0.456 e. The Kier molecular flexibility index (Phi) is 8.55. The van der Waals surface area contributed by atoms with Gasteiger partial charge in [0.2, 0.25) is 0 Å². The highest BCUT2D eigenvalue weighted by atomic mass is 16.3. The Balaban J connectivity index is 0.876. The molecule has 0 aliphatic heterocycles. The lowest BCUT2D eigenvalue weighted by Gasteiger charge is -2.27. The number of furan rings is 2. The van der Waals surface area contributed by atoms with Crippen LogP contribution in [0.15, 0.2) is 251 Å². The number of fused-ring (bicyclic) bond motifs is 12. The van der Waals surface area contributed by atoms with Gasteiger partial charge in [-0.2, -0.15) is 0 Å². The molecule has 12 aromatic carbocycles. The number of anilines is 6. The van der Waals surface area contributed by atoms with Crippen molar-refractivity contribution in [2.75, 3.05) is 9.80 Å². The zero-order chi connectivity index (χ0) is 44.7. The standard InChI is InChI=1S/C64H40N2O2/c1-5-17-51-43(11-1)15-9-21-57(51)65(49-33-37-59-55(39-49)63-53-19-7-3-13-45(53)27-35-61(63)67-59)47-29-23-41(24-30-47)42-25-31-48(32-26-42)66(58-22-10-16-44-12-2-6-18-52(44)58)50-34-38-60-56(40-50)64-54-20-8-4-14-46(54)28-36-62(64)68-60/h1-40H. The zero-order valence-electron chi connectivity index (χ0n) is 36.8. The SMILES string of the molecule is c1ccc2c(N(c3ccc(-c4ccc(N(c5ccc6oc7ccc8ccccc8c7c6c5)c5cccc6ccccc56)cc4)cc3)c3ccc4oc5ccc6ccccc6c5c4c3)cccc2c1. The van der Waals surface area contributed by atoms with Gasteiger partial charge in [-0.15, -0.1) is 0 Å². The van der Waals surface area contributed by atoms with E-state index in [1.54, 1.807) is 0 Å². The molecule has 0 aliphatic carbocycles. The molecule has 0 N–H and O–H groups in total. The summed E-state index contributed by atoms with van der Waals surface area (Å²) >= 11 is 0. The van der Waals surface area contributed by atoms with Gasteiger partial charge in [0.25, 0.3) is 0 Å². The number of rotatable bonds is 7. The first kappa shape index (κ1) is 38.2. The maximum absolute atomic E-state index is 6.45. The van der Waals surface area contributed by atoms with Crippen molar-refractivity contribution >= 4 is 121 Å². The Morgan fingerprint density at radius 3 is 1.00 bits per heavy atom. The molecule has 68 heavy (non-hydrogen) atoms. The summed E-state index contributed by atoms with van der Waals surface area (Å²) in [4.78, 5) is 4.76. The van der Waals surface area contributed by atoms with Crippen molar-refractivity contribution in [1.29, 1.82) is 0 Å². The third-order valence-corrected chi connectivity index (χ3v) is 13.8. The second-order valence-corrected chi connectivity index (χ2v) is 17.6. The minimum absolute atomic E-state index is 0.875. The Bertz CT molecular complexity index is 3990. The van der Waals surface area contributed by atoms with Crippen LogP contribution in [0.2, 0.25) is 0 Å². The Morgan fingerprint density at radius 2 is 0.574 bits per heavy atom. The van der Waals surface area contributed by atoms with Crippen molar-refractivity contribution in [3.8, 4) is 11.1 Å². The summed E-state index contributed by atoms with van der Waals surface area (Å²) in [6.07, 6.45) is 0. The van der Waals surface area contributed by atoms with E-state index in [2.05, 4.69) is 252 Å². The van der Waals surface area contributed by atoms with Crippen LogP contribution in [0.4, 0.5) is 34.1 Å². The normalized spacial score (nSPS) is 11.8. The molecule has 0 radical (unpaired) electrons. The lowest BCUT2D eigenvalue weighted by molar-refractivity contribution is 0.669. The molecule has 0 amide bonds. The molecule has 4 heteroatoms. The number of nitrogens with zero attached hydrogens (tertiary/aromatic N) is 2. The lowest BCUT2D eigenvalue weighted by atomic mass is 10.0. The van der Waals surface area contributed by atoms with Crippen LogP contribution in [-0.2, 0) is 0 Å². The van der Waals surface area contributed by atoms with Gasteiger partial charge in [-0.1, -0.05) is 158 Å². The second kappa shape index (κ2) is 15.2. The van der Waals surface area contributed by atoms with Crippen molar-refractivity contribution in [3.05, 3.63) is 243 Å². The van der Waals surface area contributed by atoms with E-state index in [-0.39, 0.29) is 0 Å². The summed E-state index contributed by atoms with van der Waals surface area (Å²) in [6.45, 7) is 0. The maximum Gasteiger partial charge on any atom is 0.136 e. The van der Waals surface area contributed by atoms with Gasteiger partial charge in [0.1, 0.15) is 22.3 Å². The average molecular weight is 869 g/mol. The highest BCUT2D eigenvalue weighted by molar-refractivity contribution is 6.21. The van der Waals surface area contributed by atoms with Gasteiger partial charge in [-0.05, 0) is 128 Å². The molecule has 0 saturated carbocycles. The van der Waals surface area contributed by atoms with E-state index in [1.807, 2.05) is 0 Å². The van der Waals surface area contributed by atoms with Crippen molar-refractivity contribution in [2.24, 2.45) is 0 Å². The van der Waals surface area contributed by atoms with Crippen LogP contribution >= 0.6 is 0 Å². The highest BCUT2D eigenvalue weighted by Crippen LogP contribution is 2.45. The van der Waals surface area contributed by atoms with Gasteiger partial charge in [0, 0.05) is 55.1 Å². The first-order valence-corrected chi connectivity index (χ1v) is 23.1. The summed E-state index contributed by atoms with van der Waals surface area (Å²) in [5.41, 5.74) is 12.3. The first-order valence-electron chi connectivity index (χ1n) is 23.1. The molecule has 0 unspecified atom stereocenters. The molecule has 14 aromatic rings. The first-order chi connectivity index (χ1) is 33.7. The second-order valence-electron chi connectivity index (χ2n) is 17.6. The quantitative estimate of drug-likeness (QED) is 0.160. The molecule has 318 valence electrons. The predicted octanol–water partition coefficient (Wildman–Crippen LogP) is 18.7. The van der Waals surface area contributed by atoms with Crippen LogP contribution in [0.3, 0.4) is 0 Å². The molecule has 0 saturated heterocycles. The molecular weight excluding hydrogens is 829 g/mol.